The third kappa shape index (κ3) is 1.65. The zero-order valence-corrected chi connectivity index (χ0v) is 9.60. The van der Waals surface area contributed by atoms with E-state index in [0.717, 1.165) is 30.4 Å². The molecule has 0 fully saturated rings. The molecule has 1 aromatic rings. The molecule has 3 nitrogen and oxygen atoms in total. The van der Waals surface area contributed by atoms with Crippen molar-refractivity contribution in [1.29, 1.82) is 0 Å². The summed E-state index contributed by atoms with van der Waals surface area (Å²) in [5.41, 5.74) is 3.44. The van der Waals surface area contributed by atoms with Gasteiger partial charge in [0.15, 0.2) is 0 Å². The molecule has 0 amide bonds. The molecule has 0 unspecified atom stereocenters. The molecule has 3 heteroatoms. The molecule has 3 atom stereocenters. The molecule has 1 aromatic carbocycles. The highest BCUT2D eigenvalue weighted by molar-refractivity contribution is 5.68. The Kier molecular flexibility index (Phi) is 2.44. The fourth-order valence-electron chi connectivity index (χ4n) is 3.48. The van der Waals surface area contributed by atoms with Gasteiger partial charge in [0.25, 0.3) is 0 Å². The van der Waals surface area contributed by atoms with Crippen LogP contribution in [0, 0.1) is 0 Å². The Bertz CT molecular complexity index is 467. The highest BCUT2D eigenvalue weighted by Gasteiger charge is 2.37. The minimum Gasteiger partial charge on any atom is -0.481 e. The highest BCUT2D eigenvalue weighted by Crippen LogP contribution is 2.51. The molecule has 0 heterocycles. The van der Waals surface area contributed by atoms with Gasteiger partial charge in [0.2, 0.25) is 0 Å². The summed E-state index contributed by atoms with van der Waals surface area (Å²) in [6, 6.07) is 5.96. The third-order valence-electron chi connectivity index (χ3n) is 4.17. The first-order valence-corrected chi connectivity index (χ1v) is 6.19. The van der Waals surface area contributed by atoms with Crippen LogP contribution in [-0.4, -0.2) is 16.2 Å². The van der Waals surface area contributed by atoms with Gasteiger partial charge in [0.1, 0.15) is 0 Å². The van der Waals surface area contributed by atoms with Gasteiger partial charge in [-0.05, 0) is 47.8 Å². The number of hydrogen-bond acceptors (Lipinski definition) is 2. The van der Waals surface area contributed by atoms with E-state index in [9.17, 15) is 9.90 Å². The van der Waals surface area contributed by atoms with Crippen LogP contribution in [0.5, 0.6) is 0 Å². The van der Waals surface area contributed by atoms with Gasteiger partial charge in [-0.15, -0.1) is 0 Å². The molecule has 2 N–H and O–H groups in total. The van der Waals surface area contributed by atoms with Gasteiger partial charge in [-0.3, -0.25) is 4.79 Å². The Morgan fingerprint density at radius 3 is 2.82 bits per heavy atom. The average Bonchev–Trinajstić information content (AvgIpc) is 2.61. The van der Waals surface area contributed by atoms with Crippen molar-refractivity contribution in [3.05, 3.63) is 34.9 Å². The number of benzene rings is 1. The average molecular weight is 232 g/mol. The zero-order chi connectivity index (χ0) is 12.0. The van der Waals surface area contributed by atoms with Crippen molar-refractivity contribution in [2.75, 3.05) is 0 Å². The van der Waals surface area contributed by atoms with Gasteiger partial charge >= 0.3 is 5.97 Å². The Morgan fingerprint density at radius 1 is 1.29 bits per heavy atom. The van der Waals surface area contributed by atoms with Gasteiger partial charge < -0.3 is 10.2 Å². The number of rotatable bonds is 2. The van der Waals surface area contributed by atoms with Crippen molar-refractivity contribution in [3.63, 3.8) is 0 Å². The first-order chi connectivity index (χ1) is 8.16. The standard InChI is InChI=1S/C14H16O3/c15-12-6-9-5-4-8(7-13(16)17)10-2-1-3-11(12)14(9)10/h1-3,8-9,12,15H,4-7H2,(H,16,17)/t8-,9-,12+/m1/s1. The minimum absolute atomic E-state index is 0.129. The number of aliphatic hydroxyl groups excluding tert-OH is 1. The van der Waals surface area contributed by atoms with Crippen LogP contribution >= 0.6 is 0 Å². The molecular weight excluding hydrogens is 216 g/mol. The van der Waals surface area contributed by atoms with Crippen LogP contribution in [0.3, 0.4) is 0 Å². The summed E-state index contributed by atoms with van der Waals surface area (Å²) in [5, 5.41) is 18.9. The maximum Gasteiger partial charge on any atom is 0.303 e. The number of carboxylic acid groups (broad SMARTS) is 1. The Hall–Kier alpha value is -1.35. The highest BCUT2D eigenvalue weighted by atomic mass is 16.4. The molecule has 0 aliphatic heterocycles. The molecule has 3 rings (SSSR count). The molecule has 90 valence electrons. The van der Waals surface area contributed by atoms with Crippen LogP contribution in [0.15, 0.2) is 18.2 Å². The van der Waals surface area contributed by atoms with E-state index in [-0.39, 0.29) is 18.4 Å². The fraction of sp³-hybridized carbons (Fsp3) is 0.500. The lowest BCUT2D eigenvalue weighted by Crippen LogP contribution is -2.15. The van der Waals surface area contributed by atoms with Crippen molar-refractivity contribution in [2.24, 2.45) is 0 Å². The van der Waals surface area contributed by atoms with E-state index in [1.54, 1.807) is 0 Å². The van der Waals surface area contributed by atoms with Crippen molar-refractivity contribution >= 4 is 5.97 Å². The van der Waals surface area contributed by atoms with Crippen molar-refractivity contribution < 1.29 is 15.0 Å². The summed E-state index contributed by atoms with van der Waals surface area (Å²) >= 11 is 0. The predicted molar refractivity (Wildman–Crippen MR) is 63.0 cm³/mol. The van der Waals surface area contributed by atoms with Crippen molar-refractivity contribution in [3.8, 4) is 0 Å². The van der Waals surface area contributed by atoms with Crippen LogP contribution in [0.2, 0.25) is 0 Å². The molecule has 0 aromatic heterocycles. The number of aliphatic hydroxyl groups is 1. The SMILES string of the molecule is O=C(O)C[C@H]1CC[C@@H]2C[C@H](O)c3cccc1c32. The molecular formula is C14H16O3. The molecule has 2 aliphatic carbocycles. The van der Waals surface area contributed by atoms with Crippen LogP contribution < -0.4 is 0 Å². The van der Waals surface area contributed by atoms with Crippen LogP contribution in [0.25, 0.3) is 0 Å². The second kappa shape index (κ2) is 3.84. The summed E-state index contributed by atoms with van der Waals surface area (Å²) in [4.78, 5) is 10.9. The molecule has 0 radical (unpaired) electrons. The second-order valence-corrected chi connectivity index (χ2v) is 5.17. The molecule has 17 heavy (non-hydrogen) atoms. The van der Waals surface area contributed by atoms with E-state index in [1.165, 1.54) is 5.56 Å². The van der Waals surface area contributed by atoms with E-state index >= 15 is 0 Å². The predicted octanol–water partition coefficient (Wildman–Crippen LogP) is 2.56. The Morgan fingerprint density at radius 2 is 2.06 bits per heavy atom. The normalized spacial score (nSPS) is 30.1. The molecule has 0 saturated heterocycles. The minimum atomic E-state index is -0.732. The quantitative estimate of drug-likeness (QED) is 0.823. The summed E-state index contributed by atoms with van der Waals surface area (Å²) in [6.07, 6.45) is 2.61. The Balaban J connectivity index is 2.04. The molecule has 0 saturated carbocycles. The number of aliphatic carboxylic acids is 1. The van der Waals surface area contributed by atoms with Crippen LogP contribution in [-0.2, 0) is 4.79 Å². The summed E-state index contributed by atoms with van der Waals surface area (Å²) in [7, 11) is 0. The lowest BCUT2D eigenvalue weighted by atomic mass is 9.76. The van der Waals surface area contributed by atoms with E-state index in [0.29, 0.717) is 5.92 Å². The summed E-state index contributed by atoms with van der Waals surface area (Å²) in [5.74, 6) is -0.158. The van der Waals surface area contributed by atoms with Gasteiger partial charge in [-0.1, -0.05) is 18.2 Å². The molecule has 0 bridgehead atoms. The molecule has 0 spiro atoms. The van der Waals surface area contributed by atoms with Crippen LogP contribution in [0.4, 0.5) is 0 Å². The monoisotopic (exact) mass is 232 g/mol. The van der Waals surface area contributed by atoms with Gasteiger partial charge in [-0.25, -0.2) is 0 Å². The largest absolute Gasteiger partial charge is 0.481 e. The van der Waals surface area contributed by atoms with Gasteiger partial charge in [0, 0.05) is 0 Å². The summed E-state index contributed by atoms with van der Waals surface area (Å²) in [6.45, 7) is 0. The Labute approximate surface area is 100 Å². The van der Waals surface area contributed by atoms with E-state index in [4.69, 9.17) is 5.11 Å². The second-order valence-electron chi connectivity index (χ2n) is 5.17. The number of carbonyl (C=O) groups is 1. The molecule has 2 aliphatic rings. The first-order valence-electron chi connectivity index (χ1n) is 6.19. The lowest BCUT2D eigenvalue weighted by Gasteiger charge is -2.28. The maximum absolute atomic E-state index is 10.9. The number of carboxylic acids is 1. The number of hydrogen-bond donors (Lipinski definition) is 2. The fourth-order valence-corrected chi connectivity index (χ4v) is 3.48. The van der Waals surface area contributed by atoms with Crippen molar-refractivity contribution in [1.82, 2.24) is 0 Å². The third-order valence-corrected chi connectivity index (χ3v) is 4.17. The van der Waals surface area contributed by atoms with Crippen LogP contribution in [0.1, 0.15) is 60.3 Å². The van der Waals surface area contributed by atoms with E-state index < -0.39 is 5.97 Å². The van der Waals surface area contributed by atoms with E-state index in [1.807, 2.05) is 18.2 Å². The van der Waals surface area contributed by atoms with E-state index in [2.05, 4.69) is 0 Å². The lowest BCUT2D eigenvalue weighted by molar-refractivity contribution is -0.137. The van der Waals surface area contributed by atoms with Crippen molar-refractivity contribution in [2.45, 2.75) is 43.6 Å². The smallest absolute Gasteiger partial charge is 0.303 e. The van der Waals surface area contributed by atoms with Gasteiger partial charge in [-0.2, -0.15) is 0 Å². The summed E-state index contributed by atoms with van der Waals surface area (Å²) < 4.78 is 0. The topological polar surface area (TPSA) is 57.5 Å². The maximum atomic E-state index is 10.9. The zero-order valence-electron chi connectivity index (χ0n) is 9.60. The first kappa shape index (κ1) is 10.8. The van der Waals surface area contributed by atoms with Gasteiger partial charge in [0.05, 0.1) is 12.5 Å².